The van der Waals surface area contributed by atoms with Gasteiger partial charge in [0.25, 0.3) is 0 Å². The van der Waals surface area contributed by atoms with Crippen LogP contribution in [-0.4, -0.2) is 19.3 Å². The van der Waals surface area contributed by atoms with Crippen LogP contribution in [0.5, 0.6) is 0 Å². The molecule has 78 valence electrons. The van der Waals surface area contributed by atoms with E-state index in [0.717, 1.165) is 35.5 Å². The molecule has 0 aliphatic carbocycles. The van der Waals surface area contributed by atoms with Crippen molar-refractivity contribution >= 4 is 5.71 Å². The Morgan fingerprint density at radius 3 is 2.21 bits per heavy atom. The standard InChI is InChI=1S/C12H20N2/c1-7-10(4)12(13-6)11(5)14-8-9(2)3/h14H,2,4-5,7-8H2,1,3,6H3. The van der Waals surface area contributed by atoms with Crippen molar-refractivity contribution in [2.45, 2.75) is 20.3 Å². The maximum Gasteiger partial charge on any atom is 0.0822 e. The topological polar surface area (TPSA) is 24.4 Å². The molecule has 14 heavy (non-hydrogen) atoms. The molecule has 0 unspecified atom stereocenters. The highest BCUT2D eigenvalue weighted by Gasteiger charge is 2.05. The van der Waals surface area contributed by atoms with E-state index in [1.807, 2.05) is 6.92 Å². The second-order valence-electron chi connectivity index (χ2n) is 3.32. The number of nitrogens with one attached hydrogen (secondary N) is 1. The molecule has 0 aliphatic rings. The normalized spacial score (nSPS) is 10.9. The van der Waals surface area contributed by atoms with Crippen LogP contribution in [0.25, 0.3) is 0 Å². The fraction of sp³-hybridized carbons (Fsp3) is 0.417. The van der Waals surface area contributed by atoms with Crippen molar-refractivity contribution in [2.24, 2.45) is 4.99 Å². The quantitative estimate of drug-likeness (QED) is 0.508. The first-order valence-electron chi connectivity index (χ1n) is 4.75. The second-order valence-corrected chi connectivity index (χ2v) is 3.32. The van der Waals surface area contributed by atoms with E-state index >= 15 is 0 Å². The van der Waals surface area contributed by atoms with Crippen LogP contribution in [0.3, 0.4) is 0 Å². The van der Waals surface area contributed by atoms with Gasteiger partial charge in [0.1, 0.15) is 0 Å². The third kappa shape index (κ3) is 4.08. The molecule has 0 aliphatic heterocycles. The smallest absolute Gasteiger partial charge is 0.0822 e. The summed E-state index contributed by atoms with van der Waals surface area (Å²) >= 11 is 0. The van der Waals surface area contributed by atoms with Crippen LogP contribution >= 0.6 is 0 Å². The molecule has 0 saturated carbocycles. The Kier molecular flexibility index (Phi) is 5.61. The van der Waals surface area contributed by atoms with Crippen LogP contribution in [0.1, 0.15) is 20.3 Å². The predicted octanol–water partition coefficient (Wildman–Crippen LogP) is 2.70. The van der Waals surface area contributed by atoms with Crippen molar-refractivity contribution in [1.29, 1.82) is 0 Å². The van der Waals surface area contributed by atoms with E-state index in [-0.39, 0.29) is 0 Å². The number of aliphatic imine (C=N–C) groups is 1. The number of allylic oxidation sites excluding steroid dienone is 1. The maximum atomic E-state index is 4.16. The summed E-state index contributed by atoms with van der Waals surface area (Å²) in [6.07, 6.45) is 0.889. The largest absolute Gasteiger partial charge is 0.380 e. The third-order valence-corrected chi connectivity index (χ3v) is 1.87. The first kappa shape index (κ1) is 12.7. The number of hydrogen-bond donors (Lipinski definition) is 1. The molecule has 0 fully saturated rings. The van der Waals surface area contributed by atoms with E-state index in [4.69, 9.17) is 0 Å². The van der Waals surface area contributed by atoms with E-state index in [1.54, 1.807) is 7.05 Å². The predicted molar refractivity (Wildman–Crippen MR) is 64.7 cm³/mol. The molecular formula is C12H20N2. The van der Waals surface area contributed by atoms with Gasteiger partial charge in [0.2, 0.25) is 0 Å². The molecule has 0 aromatic rings. The Balaban J connectivity index is 4.35. The Labute approximate surface area is 87.1 Å². The highest BCUT2D eigenvalue weighted by molar-refractivity contribution is 6.11. The molecule has 0 rings (SSSR count). The van der Waals surface area contributed by atoms with Gasteiger partial charge in [0, 0.05) is 13.6 Å². The highest BCUT2D eigenvalue weighted by Crippen LogP contribution is 2.06. The summed E-state index contributed by atoms with van der Waals surface area (Å²) in [5.74, 6) is 0. The van der Waals surface area contributed by atoms with Crippen molar-refractivity contribution in [3.05, 3.63) is 36.6 Å². The zero-order valence-electron chi connectivity index (χ0n) is 9.48. The van der Waals surface area contributed by atoms with Gasteiger partial charge in [-0.2, -0.15) is 0 Å². The molecular weight excluding hydrogens is 172 g/mol. The van der Waals surface area contributed by atoms with Gasteiger partial charge < -0.3 is 5.32 Å². The fourth-order valence-corrected chi connectivity index (χ4v) is 1.02. The Bertz CT molecular complexity index is 272. The monoisotopic (exact) mass is 192 g/mol. The summed E-state index contributed by atoms with van der Waals surface area (Å²) in [4.78, 5) is 4.16. The van der Waals surface area contributed by atoms with Crippen LogP contribution in [0, 0.1) is 0 Å². The molecule has 0 spiro atoms. The molecule has 0 bridgehead atoms. The van der Waals surface area contributed by atoms with Crippen LogP contribution in [0.2, 0.25) is 0 Å². The summed E-state index contributed by atoms with van der Waals surface area (Å²) in [6.45, 7) is 16.4. The van der Waals surface area contributed by atoms with E-state index in [9.17, 15) is 0 Å². The fourth-order valence-electron chi connectivity index (χ4n) is 1.02. The first-order chi connectivity index (χ1) is 6.52. The molecule has 0 radical (unpaired) electrons. The minimum absolute atomic E-state index is 0.731. The minimum Gasteiger partial charge on any atom is -0.380 e. The van der Waals surface area contributed by atoms with Gasteiger partial charge in [0.05, 0.1) is 11.4 Å². The van der Waals surface area contributed by atoms with Crippen molar-refractivity contribution in [2.75, 3.05) is 13.6 Å². The van der Waals surface area contributed by atoms with Gasteiger partial charge in [-0.3, -0.25) is 4.99 Å². The molecule has 0 aromatic heterocycles. The van der Waals surface area contributed by atoms with Gasteiger partial charge in [-0.05, 0) is 18.9 Å². The first-order valence-corrected chi connectivity index (χ1v) is 4.75. The van der Waals surface area contributed by atoms with Gasteiger partial charge in [-0.1, -0.05) is 32.2 Å². The molecule has 2 heteroatoms. The summed E-state index contributed by atoms with van der Waals surface area (Å²) in [5.41, 5.74) is 3.77. The lowest BCUT2D eigenvalue weighted by Crippen LogP contribution is -2.22. The lowest BCUT2D eigenvalue weighted by molar-refractivity contribution is 0.910. The second kappa shape index (κ2) is 6.19. The Hall–Kier alpha value is -1.31. The van der Waals surface area contributed by atoms with E-state index in [2.05, 4.69) is 37.0 Å². The summed E-state index contributed by atoms with van der Waals surface area (Å²) in [6, 6.07) is 0. The average molecular weight is 192 g/mol. The lowest BCUT2D eigenvalue weighted by atomic mass is 10.1. The van der Waals surface area contributed by atoms with E-state index in [1.165, 1.54) is 0 Å². The molecule has 0 aromatic carbocycles. The Morgan fingerprint density at radius 1 is 1.29 bits per heavy atom. The van der Waals surface area contributed by atoms with E-state index < -0.39 is 0 Å². The van der Waals surface area contributed by atoms with Crippen LogP contribution in [0.4, 0.5) is 0 Å². The lowest BCUT2D eigenvalue weighted by Gasteiger charge is -2.12. The van der Waals surface area contributed by atoms with Crippen molar-refractivity contribution in [3.8, 4) is 0 Å². The SMILES string of the molecule is C=C(C)CNC(=C)C(=NC)C(=C)CC. The van der Waals surface area contributed by atoms with Crippen molar-refractivity contribution in [3.63, 3.8) is 0 Å². The third-order valence-electron chi connectivity index (χ3n) is 1.87. The zero-order chi connectivity index (χ0) is 11.1. The van der Waals surface area contributed by atoms with Crippen LogP contribution in [-0.2, 0) is 0 Å². The molecule has 2 nitrogen and oxygen atoms in total. The number of rotatable bonds is 6. The van der Waals surface area contributed by atoms with E-state index in [0.29, 0.717) is 0 Å². The molecule has 1 N–H and O–H groups in total. The molecule has 0 amide bonds. The Morgan fingerprint density at radius 2 is 1.86 bits per heavy atom. The van der Waals surface area contributed by atoms with Crippen molar-refractivity contribution < 1.29 is 0 Å². The molecule has 0 heterocycles. The highest BCUT2D eigenvalue weighted by atomic mass is 14.9. The summed E-state index contributed by atoms with van der Waals surface area (Å²) in [7, 11) is 1.75. The minimum atomic E-state index is 0.731. The number of hydrogen-bond acceptors (Lipinski definition) is 2. The van der Waals surface area contributed by atoms with Gasteiger partial charge in [0.15, 0.2) is 0 Å². The van der Waals surface area contributed by atoms with Crippen molar-refractivity contribution in [1.82, 2.24) is 5.32 Å². The zero-order valence-corrected chi connectivity index (χ0v) is 9.48. The average Bonchev–Trinajstić information content (AvgIpc) is 2.15. The molecule has 0 saturated heterocycles. The molecule has 0 atom stereocenters. The van der Waals surface area contributed by atoms with Gasteiger partial charge in [-0.25, -0.2) is 0 Å². The maximum absolute atomic E-state index is 4.16. The summed E-state index contributed by atoms with van der Waals surface area (Å²) < 4.78 is 0. The van der Waals surface area contributed by atoms with Crippen LogP contribution in [0.15, 0.2) is 41.6 Å². The number of nitrogens with zero attached hydrogens (tertiary/aromatic N) is 1. The van der Waals surface area contributed by atoms with Crippen LogP contribution < -0.4 is 5.32 Å². The van der Waals surface area contributed by atoms with Gasteiger partial charge in [-0.15, -0.1) is 0 Å². The summed E-state index contributed by atoms with van der Waals surface area (Å²) in [5, 5.41) is 3.16. The van der Waals surface area contributed by atoms with Gasteiger partial charge >= 0.3 is 0 Å².